The second-order valence-electron chi connectivity index (χ2n) is 6.48. The lowest BCUT2D eigenvalue weighted by Gasteiger charge is -2.22. The summed E-state index contributed by atoms with van der Waals surface area (Å²) in [5.74, 6) is -0.0288. The number of aliphatic imine (C=N–C) groups is 1. The number of carbonyl (C=O) groups is 1. The minimum atomic E-state index is -0.111. The number of halogens is 1. The summed E-state index contributed by atoms with van der Waals surface area (Å²) in [6.07, 6.45) is 2.48. The maximum Gasteiger partial charge on any atom is 0.267 e. The molecule has 3 rings (SSSR count). The van der Waals surface area contributed by atoms with Crippen molar-refractivity contribution >= 4 is 46.2 Å². The van der Waals surface area contributed by atoms with Crippen molar-refractivity contribution in [2.45, 2.75) is 33.2 Å². The van der Waals surface area contributed by atoms with Gasteiger partial charge in [0.2, 0.25) is 0 Å². The van der Waals surface area contributed by atoms with Crippen LogP contribution in [0.1, 0.15) is 31.4 Å². The van der Waals surface area contributed by atoms with Crippen molar-refractivity contribution in [1.82, 2.24) is 4.90 Å². The molecule has 27 heavy (non-hydrogen) atoms. The summed E-state index contributed by atoms with van der Waals surface area (Å²) in [6.45, 7) is 6.06. The first-order valence-electron chi connectivity index (χ1n) is 8.76. The molecule has 1 aliphatic heterocycles. The first kappa shape index (κ1) is 19.5. The van der Waals surface area contributed by atoms with Crippen molar-refractivity contribution in [3.63, 3.8) is 0 Å². The van der Waals surface area contributed by atoms with Gasteiger partial charge in [-0.25, -0.2) is 4.99 Å². The monoisotopic (exact) mass is 400 g/mol. The predicted molar refractivity (Wildman–Crippen MR) is 114 cm³/mol. The number of rotatable bonds is 4. The Bertz CT molecular complexity index is 922. The molecule has 140 valence electrons. The van der Waals surface area contributed by atoms with Gasteiger partial charge in [-0.15, -0.1) is 0 Å². The average Bonchev–Trinajstić information content (AvgIpc) is 2.94. The number of hydrogen-bond acceptors (Lipinski definition) is 4. The van der Waals surface area contributed by atoms with Crippen LogP contribution in [-0.2, 0) is 4.79 Å². The van der Waals surface area contributed by atoms with Gasteiger partial charge in [0.1, 0.15) is 5.75 Å². The Labute approximate surface area is 168 Å². The van der Waals surface area contributed by atoms with E-state index in [2.05, 4.69) is 4.99 Å². The smallest absolute Gasteiger partial charge is 0.267 e. The van der Waals surface area contributed by atoms with Gasteiger partial charge in [-0.2, -0.15) is 0 Å². The topological polar surface area (TPSA) is 52.9 Å². The molecule has 0 aliphatic carbocycles. The molecule has 1 saturated heterocycles. The number of carbonyl (C=O) groups excluding carboxylic acids is 1. The highest BCUT2D eigenvalue weighted by atomic mass is 35.5. The maximum atomic E-state index is 13.0. The predicted octanol–water partition coefficient (Wildman–Crippen LogP) is 5.76. The Morgan fingerprint density at radius 2 is 1.96 bits per heavy atom. The van der Waals surface area contributed by atoms with Crippen LogP contribution in [0.15, 0.2) is 52.4 Å². The molecule has 0 spiro atoms. The van der Waals surface area contributed by atoms with Crippen LogP contribution >= 0.6 is 23.4 Å². The fraction of sp³-hybridized carbons (Fsp3) is 0.238. The number of hydrogen-bond donors (Lipinski definition) is 1. The lowest BCUT2D eigenvalue weighted by atomic mass is 10.1. The summed E-state index contributed by atoms with van der Waals surface area (Å²) in [4.78, 5) is 19.9. The molecular weight excluding hydrogens is 380 g/mol. The van der Waals surface area contributed by atoms with Crippen LogP contribution in [0.3, 0.4) is 0 Å². The fourth-order valence-corrected chi connectivity index (χ4v) is 3.91. The molecular formula is C21H21ClN2O2S. The van der Waals surface area contributed by atoms with Crippen molar-refractivity contribution in [2.24, 2.45) is 4.99 Å². The Balaban J connectivity index is 2.01. The minimum absolute atomic E-state index is 0.0213. The van der Waals surface area contributed by atoms with Gasteiger partial charge in [-0.3, -0.25) is 9.69 Å². The Morgan fingerprint density at radius 3 is 2.63 bits per heavy atom. The van der Waals surface area contributed by atoms with Crippen LogP contribution in [0.4, 0.5) is 5.69 Å². The first-order chi connectivity index (χ1) is 12.9. The van der Waals surface area contributed by atoms with Crippen molar-refractivity contribution in [1.29, 1.82) is 0 Å². The van der Waals surface area contributed by atoms with Gasteiger partial charge in [0.05, 0.1) is 10.6 Å². The van der Waals surface area contributed by atoms with E-state index in [1.54, 1.807) is 23.1 Å². The van der Waals surface area contributed by atoms with Crippen LogP contribution in [0, 0.1) is 6.92 Å². The standard InChI is InChI=1S/C21H21ClN2O2S/c1-4-14(3)24-20(26)19(12-15-11-16(22)7-10-18(15)25)27-21(24)23-17-8-5-13(2)6-9-17/h5-12,14,25H,4H2,1-3H3/b19-12+,23-21?/t14-/m1/s1. The van der Waals surface area contributed by atoms with E-state index in [4.69, 9.17) is 11.6 Å². The van der Waals surface area contributed by atoms with Gasteiger partial charge in [0.15, 0.2) is 5.17 Å². The average molecular weight is 401 g/mol. The van der Waals surface area contributed by atoms with E-state index in [1.165, 1.54) is 17.8 Å². The Kier molecular flexibility index (Phi) is 5.92. The van der Waals surface area contributed by atoms with E-state index in [0.29, 0.717) is 20.7 Å². The lowest BCUT2D eigenvalue weighted by Crippen LogP contribution is -2.36. The van der Waals surface area contributed by atoms with Gasteiger partial charge in [0.25, 0.3) is 5.91 Å². The number of thioether (sulfide) groups is 1. The fourth-order valence-electron chi connectivity index (χ4n) is 2.65. The summed E-state index contributed by atoms with van der Waals surface area (Å²) in [5.41, 5.74) is 2.47. The number of amidine groups is 1. The zero-order valence-electron chi connectivity index (χ0n) is 15.4. The number of aryl methyl sites for hydroxylation is 1. The third-order valence-corrected chi connectivity index (χ3v) is 5.62. The molecule has 2 aromatic carbocycles. The van der Waals surface area contributed by atoms with Crippen LogP contribution in [-0.4, -0.2) is 27.1 Å². The molecule has 0 radical (unpaired) electrons. The van der Waals surface area contributed by atoms with Crippen molar-refractivity contribution < 1.29 is 9.90 Å². The summed E-state index contributed by atoms with van der Waals surface area (Å²) in [5, 5.41) is 11.2. The molecule has 0 aromatic heterocycles. The Morgan fingerprint density at radius 1 is 1.26 bits per heavy atom. The van der Waals surface area contributed by atoms with Crippen LogP contribution < -0.4 is 0 Å². The number of phenolic OH excluding ortho intramolecular Hbond substituents is 1. The largest absolute Gasteiger partial charge is 0.507 e. The maximum absolute atomic E-state index is 13.0. The molecule has 6 heteroatoms. The molecule has 1 N–H and O–H groups in total. The minimum Gasteiger partial charge on any atom is -0.507 e. The van der Waals surface area contributed by atoms with Gasteiger partial charge in [-0.05, 0) is 68.4 Å². The van der Waals surface area contributed by atoms with E-state index in [0.717, 1.165) is 17.7 Å². The van der Waals surface area contributed by atoms with Crippen molar-refractivity contribution in [3.05, 3.63) is 63.5 Å². The number of amides is 1. The third kappa shape index (κ3) is 4.37. The molecule has 4 nitrogen and oxygen atoms in total. The van der Waals surface area contributed by atoms with Gasteiger partial charge in [-0.1, -0.05) is 36.2 Å². The number of phenols is 1. The van der Waals surface area contributed by atoms with Crippen LogP contribution in [0.25, 0.3) is 6.08 Å². The molecule has 2 aromatic rings. The van der Waals surface area contributed by atoms with Crippen molar-refractivity contribution in [2.75, 3.05) is 0 Å². The normalized spacial score (nSPS) is 18.5. The lowest BCUT2D eigenvalue weighted by molar-refractivity contribution is -0.123. The van der Waals surface area contributed by atoms with Gasteiger partial charge < -0.3 is 5.11 Å². The first-order valence-corrected chi connectivity index (χ1v) is 9.95. The highest BCUT2D eigenvalue weighted by molar-refractivity contribution is 8.18. The zero-order valence-corrected chi connectivity index (χ0v) is 17.0. The van der Waals surface area contributed by atoms with Crippen LogP contribution in [0.5, 0.6) is 5.75 Å². The quantitative estimate of drug-likeness (QED) is 0.664. The van der Waals surface area contributed by atoms with Gasteiger partial charge >= 0.3 is 0 Å². The highest BCUT2D eigenvalue weighted by Crippen LogP contribution is 2.37. The molecule has 0 unspecified atom stereocenters. The third-order valence-electron chi connectivity index (χ3n) is 4.40. The van der Waals surface area contributed by atoms with E-state index >= 15 is 0 Å². The van der Waals surface area contributed by atoms with Crippen LogP contribution in [0.2, 0.25) is 5.02 Å². The zero-order chi connectivity index (χ0) is 19.6. The van der Waals surface area contributed by atoms with E-state index in [9.17, 15) is 9.90 Å². The number of aromatic hydroxyl groups is 1. The SMILES string of the molecule is CC[C@@H](C)N1C(=O)/C(=C\c2cc(Cl)ccc2O)SC1=Nc1ccc(C)cc1. The number of benzene rings is 2. The molecule has 0 bridgehead atoms. The molecule has 1 heterocycles. The van der Waals surface area contributed by atoms with E-state index < -0.39 is 0 Å². The molecule has 1 amide bonds. The summed E-state index contributed by atoms with van der Waals surface area (Å²) in [6, 6.07) is 12.7. The summed E-state index contributed by atoms with van der Waals surface area (Å²) in [7, 11) is 0. The van der Waals surface area contributed by atoms with Crippen molar-refractivity contribution in [3.8, 4) is 5.75 Å². The molecule has 1 aliphatic rings. The second kappa shape index (κ2) is 8.19. The Hall–Kier alpha value is -2.24. The molecule has 1 fully saturated rings. The summed E-state index contributed by atoms with van der Waals surface area (Å²) < 4.78 is 0. The van der Waals surface area contributed by atoms with Gasteiger partial charge in [0, 0.05) is 16.6 Å². The van der Waals surface area contributed by atoms with E-state index in [-0.39, 0.29) is 17.7 Å². The van der Waals surface area contributed by atoms with E-state index in [1.807, 2.05) is 45.0 Å². The molecule has 0 saturated carbocycles. The molecule has 1 atom stereocenters. The number of nitrogens with zero attached hydrogens (tertiary/aromatic N) is 2. The highest BCUT2D eigenvalue weighted by Gasteiger charge is 2.36. The summed E-state index contributed by atoms with van der Waals surface area (Å²) >= 11 is 7.34. The second-order valence-corrected chi connectivity index (χ2v) is 7.92.